The first-order chi connectivity index (χ1) is 17.9. The van der Waals surface area contributed by atoms with Crippen molar-refractivity contribution in [2.75, 3.05) is 45.6 Å². The summed E-state index contributed by atoms with van der Waals surface area (Å²) in [7, 11) is 3.90. The van der Waals surface area contributed by atoms with E-state index in [1.807, 2.05) is 48.5 Å². The lowest BCUT2D eigenvalue weighted by atomic mass is 9.92. The molecule has 216 valence electrons. The summed E-state index contributed by atoms with van der Waals surface area (Å²) >= 11 is 1.93. The summed E-state index contributed by atoms with van der Waals surface area (Å²) in [5.74, 6) is -6.43. The zero-order valence-electron chi connectivity index (χ0n) is 21.0. The van der Waals surface area contributed by atoms with Gasteiger partial charge in [-0.15, -0.1) is 0 Å². The van der Waals surface area contributed by atoms with E-state index < -0.39 is 46.8 Å². The third-order valence-corrected chi connectivity index (χ3v) is 6.11. The van der Waals surface area contributed by atoms with E-state index in [-0.39, 0.29) is 30.4 Å². The maximum atomic E-state index is 14.6. The molecule has 0 radical (unpaired) electrons. The van der Waals surface area contributed by atoms with Crippen molar-refractivity contribution in [3.05, 3.63) is 56.9 Å². The predicted octanol–water partition coefficient (Wildman–Crippen LogP) is 3.81. The number of β-amino-alcohol motifs (C(OH)–C–C–N with tert-alkyl or cyclic N) is 1. The fourth-order valence-electron chi connectivity index (χ4n) is 3.64. The molecule has 8 nitrogen and oxygen atoms in total. The van der Waals surface area contributed by atoms with Crippen LogP contribution in [0.5, 0.6) is 0 Å². The van der Waals surface area contributed by atoms with E-state index in [0.717, 1.165) is 18.7 Å². The zero-order chi connectivity index (χ0) is 29.7. The van der Waals surface area contributed by atoms with Gasteiger partial charge in [-0.2, -0.15) is 13.2 Å². The van der Waals surface area contributed by atoms with Crippen LogP contribution in [-0.4, -0.2) is 90.0 Å². The second-order valence-corrected chi connectivity index (χ2v) is 10.5. The van der Waals surface area contributed by atoms with Crippen molar-refractivity contribution in [2.24, 2.45) is 0 Å². The van der Waals surface area contributed by atoms with Crippen LogP contribution in [0, 0.1) is 21.0 Å². The summed E-state index contributed by atoms with van der Waals surface area (Å²) < 4.78 is 75.1. The molecule has 0 bridgehead atoms. The normalized spacial score (nSPS) is 15.2. The van der Waals surface area contributed by atoms with Gasteiger partial charge in [0.2, 0.25) is 0 Å². The summed E-state index contributed by atoms with van der Waals surface area (Å²) in [5.41, 5.74) is -1.77. The largest absolute Gasteiger partial charge is 0.490 e. The molecule has 1 amide bonds. The second kappa shape index (κ2) is 13.1. The standard InChI is InChI=1S/C22H26F3IN4O2.C2HF3O2/c1-13(9-29(2)3)27-10-22(32)11-30(12-22)21(31)15-5-6-16(23)19(25)20(15)28-18-7-4-14(26)8-17(18)24;3-2(4,5)1(6)7/h4-8,13,27-28,32H,9-12H2,1-3H3;(H,6,7). The topological polar surface area (TPSA) is 105 Å². The number of alkyl halides is 3. The Bertz CT molecular complexity index is 1190. The molecule has 0 aromatic heterocycles. The molecular weight excluding hydrogens is 649 g/mol. The number of nitrogens with zero attached hydrogens (tertiary/aromatic N) is 2. The van der Waals surface area contributed by atoms with Crippen LogP contribution >= 0.6 is 22.6 Å². The molecular formula is C24H27F6IN4O4. The molecule has 1 saturated heterocycles. The van der Waals surface area contributed by atoms with E-state index in [1.165, 1.54) is 17.0 Å². The van der Waals surface area contributed by atoms with Crippen LogP contribution < -0.4 is 10.6 Å². The van der Waals surface area contributed by atoms with E-state index >= 15 is 0 Å². The van der Waals surface area contributed by atoms with Gasteiger partial charge in [-0.05, 0) is 73.9 Å². The van der Waals surface area contributed by atoms with Gasteiger partial charge in [-0.3, -0.25) is 4.79 Å². The smallest absolute Gasteiger partial charge is 0.475 e. The van der Waals surface area contributed by atoms with Gasteiger partial charge in [0.15, 0.2) is 11.6 Å². The summed E-state index contributed by atoms with van der Waals surface area (Å²) in [5, 5.41) is 23.5. The van der Waals surface area contributed by atoms with Crippen molar-refractivity contribution in [1.29, 1.82) is 0 Å². The molecule has 2 aromatic carbocycles. The van der Waals surface area contributed by atoms with Crippen LogP contribution in [0.3, 0.4) is 0 Å². The van der Waals surface area contributed by atoms with Gasteiger partial charge in [-0.1, -0.05) is 0 Å². The average molecular weight is 676 g/mol. The first-order valence-electron chi connectivity index (χ1n) is 11.3. The van der Waals surface area contributed by atoms with Gasteiger partial charge in [0, 0.05) is 22.7 Å². The SMILES string of the molecule is CC(CN(C)C)NCC1(O)CN(C(=O)c2ccc(F)c(F)c2Nc2ccc(I)cc2F)C1.O=C(O)C(F)(F)F. The second-order valence-electron chi connectivity index (χ2n) is 9.27. The molecule has 0 aliphatic carbocycles. The number of carbonyl (C=O) groups excluding carboxylic acids is 1. The van der Waals surface area contributed by atoms with Gasteiger partial charge >= 0.3 is 12.1 Å². The maximum Gasteiger partial charge on any atom is 0.490 e. The summed E-state index contributed by atoms with van der Waals surface area (Å²) in [6.45, 7) is 3.17. The molecule has 1 atom stereocenters. The van der Waals surface area contributed by atoms with E-state index in [9.17, 15) is 36.2 Å². The Balaban J connectivity index is 0.000000673. The highest BCUT2D eigenvalue weighted by Gasteiger charge is 2.44. The summed E-state index contributed by atoms with van der Waals surface area (Å²) in [6.07, 6.45) is -5.08. The average Bonchev–Trinajstić information content (AvgIpc) is 2.79. The molecule has 1 aliphatic heterocycles. The van der Waals surface area contributed by atoms with Gasteiger partial charge in [-0.25, -0.2) is 18.0 Å². The Morgan fingerprint density at radius 1 is 1.13 bits per heavy atom. The molecule has 2 aromatic rings. The third kappa shape index (κ3) is 9.22. The minimum absolute atomic E-state index is 0.0455. The summed E-state index contributed by atoms with van der Waals surface area (Å²) in [4.78, 5) is 25.2. The van der Waals surface area contributed by atoms with Crippen LogP contribution in [0.2, 0.25) is 0 Å². The van der Waals surface area contributed by atoms with E-state index in [0.29, 0.717) is 10.1 Å². The number of carboxylic acids is 1. The Labute approximate surface area is 234 Å². The number of halogens is 7. The van der Waals surface area contributed by atoms with Gasteiger partial charge in [0.05, 0.1) is 30.0 Å². The lowest BCUT2D eigenvalue weighted by Crippen LogP contribution is -2.68. The number of carbonyl (C=O) groups is 2. The molecule has 0 saturated carbocycles. The molecule has 1 aliphatic rings. The van der Waals surface area contributed by atoms with Crippen LogP contribution in [0.15, 0.2) is 30.3 Å². The monoisotopic (exact) mass is 676 g/mol. The highest BCUT2D eigenvalue weighted by molar-refractivity contribution is 14.1. The number of anilines is 2. The molecule has 1 fully saturated rings. The molecule has 39 heavy (non-hydrogen) atoms. The Kier molecular flexibility index (Phi) is 11.0. The van der Waals surface area contributed by atoms with E-state index in [2.05, 4.69) is 10.6 Å². The van der Waals surface area contributed by atoms with Crippen LogP contribution in [0.4, 0.5) is 37.7 Å². The number of likely N-dealkylation sites (tertiary alicyclic amines) is 1. The Hall–Kier alpha value is -2.63. The lowest BCUT2D eigenvalue weighted by Gasteiger charge is -2.47. The van der Waals surface area contributed by atoms with Gasteiger partial charge in [0.25, 0.3) is 5.91 Å². The Morgan fingerprint density at radius 3 is 2.23 bits per heavy atom. The van der Waals surface area contributed by atoms with Crippen LogP contribution in [-0.2, 0) is 4.79 Å². The van der Waals surface area contributed by atoms with Crippen molar-refractivity contribution in [3.63, 3.8) is 0 Å². The number of aliphatic hydroxyl groups is 1. The number of likely N-dealkylation sites (N-methyl/N-ethyl adjacent to an activating group) is 1. The van der Waals surface area contributed by atoms with Crippen molar-refractivity contribution in [1.82, 2.24) is 15.1 Å². The lowest BCUT2D eigenvalue weighted by molar-refractivity contribution is -0.192. The Morgan fingerprint density at radius 2 is 1.72 bits per heavy atom. The molecule has 15 heteroatoms. The summed E-state index contributed by atoms with van der Waals surface area (Å²) in [6, 6.07) is 6.38. The molecule has 3 rings (SSSR count). The first kappa shape index (κ1) is 32.6. The highest BCUT2D eigenvalue weighted by atomic mass is 127. The number of hydrogen-bond donors (Lipinski definition) is 4. The van der Waals surface area contributed by atoms with Crippen molar-refractivity contribution < 1.29 is 46.1 Å². The number of amides is 1. The molecule has 1 unspecified atom stereocenters. The fourth-order valence-corrected chi connectivity index (χ4v) is 4.10. The number of nitrogens with one attached hydrogen (secondary N) is 2. The maximum absolute atomic E-state index is 14.6. The third-order valence-electron chi connectivity index (χ3n) is 5.43. The predicted molar refractivity (Wildman–Crippen MR) is 139 cm³/mol. The van der Waals surface area contributed by atoms with E-state index in [1.54, 1.807) is 6.07 Å². The molecule has 0 spiro atoms. The molecule has 4 N–H and O–H groups in total. The minimum Gasteiger partial charge on any atom is -0.475 e. The van der Waals surface area contributed by atoms with Gasteiger partial charge < -0.3 is 30.6 Å². The van der Waals surface area contributed by atoms with Crippen molar-refractivity contribution >= 4 is 45.8 Å². The number of benzene rings is 2. The van der Waals surface area contributed by atoms with Gasteiger partial charge in [0.1, 0.15) is 11.4 Å². The van der Waals surface area contributed by atoms with E-state index in [4.69, 9.17) is 9.90 Å². The number of rotatable bonds is 8. The molecule has 1 heterocycles. The van der Waals surface area contributed by atoms with Crippen LogP contribution in [0.25, 0.3) is 0 Å². The van der Waals surface area contributed by atoms with Crippen LogP contribution in [0.1, 0.15) is 17.3 Å². The minimum atomic E-state index is -5.08. The fraction of sp³-hybridized carbons (Fsp3) is 0.417. The highest BCUT2D eigenvalue weighted by Crippen LogP contribution is 2.31. The zero-order valence-corrected chi connectivity index (χ0v) is 23.2. The quantitative estimate of drug-likeness (QED) is 0.249. The number of carboxylic acid groups (broad SMARTS) is 1. The number of aliphatic carboxylic acids is 1. The van der Waals surface area contributed by atoms with Crippen molar-refractivity contribution in [3.8, 4) is 0 Å². The number of hydrogen-bond acceptors (Lipinski definition) is 6. The first-order valence-corrected chi connectivity index (χ1v) is 12.4. The van der Waals surface area contributed by atoms with Crippen molar-refractivity contribution in [2.45, 2.75) is 24.7 Å².